The first-order valence-corrected chi connectivity index (χ1v) is 7.05. The zero-order chi connectivity index (χ0) is 13.0. The van der Waals surface area contributed by atoms with Crippen LogP contribution in [0.15, 0.2) is 24.3 Å². The van der Waals surface area contributed by atoms with Crippen molar-refractivity contribution in [1.29, 1.82) is 0 Å². The van der Waals surface area contributed by atoms with Gasteiger partial charge in [0.05, 0.1) is 11.6 Å². The molecule has 3 nitrogen and oxygen atoms in total. The molecule has 1 aromatic carbocycles. The fourth-order valence-electron chi connectivity index (χ4n) is 1.84. The molecule has 2 aromatic rings. The number of hydrogen-bond acceptors (Lipinski definition) is 4. The van der Waals surface area contributed by atoms with Crippen LogP contribution in [0.2, 0.25) is 0 Å². The van der Waals surface area contributed by atoms with Crippen LogP contribution in [0.3, 0.4) is 0 Å². The normalized spacial score (nSPS) is 10.6. The summed E-state index contributed by atoms with van der Waals surface area (Å²) in [6.45, 7) is 4.76. The summed E-state index contributed by atoms with van der Waals surface area (Å²) in [6, 6.07) is 7.91. The fraction of sp³-hybridized carbons (Fsp3) is 0.357. The SMILES string of the molecule is CCCc1nc(-c2ccccc2OCC)c(N)s1. The number of hydrogen-bond donors (Lipinski definition) is 1. The van der Waals surface area contributed by atoms with Crippen molar-refractivity contribution in [3.05, 3.63) is 29.3 Å². The monoisotopic (exact) mass is 262 g/mol. The highest BCUT2D eigenvalue weighted by molar-refractivity contribution is 7.16. The first kappa shape index (κ1) is 12.9. The number of nitrogen functional groups attached to an aromatic ring is 1. The predicted molar refractivity (Wildman–Crippen MR) is 77.1 cm³/mol. The Bertz CT molecular complexity index is 522. The minimum absolute atomic E-state index is 0.642. The summed E-state index contributed by atoms with van der Waals surface area (Å²) >= 11 is 1.57. The summed E-state index contributed by atoms with van der Waals surface area (Å²) in [4.78, 5) is 4.63. The quantitative estimate of drug-likeness (QED) is 0.892. The van der Waals surface area contributed by atoms with Gasteiger partial charge in [0.15, 0.2) is 0 Å². The van der Waals surface area contributed by atoms with E-state index in [2.05, 4.69) is 11.9 Å². The van der Waals surface area contributed by atoms with Crippen molar-refractivity contribution in [2.24, 2.45) is 0 Å². The third kappa shape index (κ3) is 2.64. The highest BCUT2D eigenvalue weighted by atomic mass is 32.1. The smallest absolute Gasteiger partial charge is 0.128 e. The number of nitrogens with zero attached hydrogens (tertiary/aromatic N) is 1. The van der Waals surface area contributed by atoms with Crippen molar-refractivity contribution >= 4 is 16.3 Å². The van der Waals surface area contributed by atoms with E-state index in [-0.39, 0.29) is 0 Å². The van der Waals surface area contributed by atoms with Gasteiger partial charge in [0.2, 0.25) is 0 Å². The molecule has 0 radical (unpaired) electrons. The second-order valence-electron chi connectivity index (χ2n) is 4.00. The first-order valence-electron chi connectivity index (χ1n) is 6.23. The maximum Gasteiger partial charge on any atom is 0.128 e. The van der Waals surface area contributed by atoms with Crippen LogP contribution in [0.25, 0.3) is 11.3 Å². The van der Waals surface area contributed by atoms with Crippen molar-refractivity contribution < 1.29 is 4.74 Å². The van der Waals surface area contributed by atoms with Gasteiger partial charge in [-0.2, -0.15) is 0 Å². The second kappa shape index (κ2) is 5.87. The minimum Gasteiger partial charge on any atom is -0.493 e. The number of anilines is 1. The Labute approximate surface area is 112 Å². The van der Waals surface area contributed by atoms with Crippen LogP contribution in [0.4, 0.5) is 5.00 Å². The predicted octanol–water partition coefficient (Wildman–Crippen LogP) is 3.74. The molecule has 18 heavy (non-hydrogen) atoms. The molecule has 1 heterocycles. The van der Waals surface area contributed by atoms with Crippen LogP contribution in [-0.2, 0) is 6.42 Å². The standard InChI is InChI=1S/C14H18N2OS/c1-3-7-12-16-13(14(15)18-12)10-8-5-6-9-11(10)17-4-2/h5-6,8-9H,3-4,7,15H2,1-2H3. The topological polar surface area (TPSA) is 48.1 Å². The molecule has 0 atom stereocenters. The zero-order valence-electron chi connectivity index (χ0n) is 10.8. The van der Waals surface area contributed by atoms with Gasteiger partial charge in [-0.3, -0.25) is 0 Å². The lowest BCUT2D eigenvalue weighted by atomic mass is 10.1. The molecule has 4 heteroatoms. The molecule has 0 saturated carbocycles. The molecule has 0 saturated heterocycles. The molecule has 0 aliphatic rings. The molecule has 0 bridgehead atoms. The summed E-state index contributed by atoms with van der Waals surface area (Å²) in [5, 5.41) is 1.86. The van der Waals surface area contributed by atoms with Gasteiger partial charge in [-0.15, -0.1) is 11.3 Å². The Morgan fingerprint density at radius 3 is 2.78 bits per heavy atom. The Morgan fingerprint density at radius 1 is 1.28 bits per heavy atom. The van der Waals surface area contributed by atoms with Crippen LogP contribution in [-0.4, -0.2) is 11.6 Å². The molecule has 0 fully saturated rings. The number of nitrogens with two attached hydrogens (primary N) is 1. The minimum atomic E-state index is 0.642. The Morgan fingerprint density at radius 2 is 2.06 bits per heavy atom. The average Bonchev–Trinajstić information content (AvgIpc) is 2.72. The van der Waals surface area contributed by atoms with Crippen molar-refractivity contribution in [2.75, 3.05) is 12.3 Å². The van der Waals surface area contributed by atoms with Crippen molar-refractivity contribution in [3.8, 4) is 17.0 Å². The highest BCUT2D eigenvalue weighted by Gasteiger charge is 2.14. The lowest BCUT2D eigenvalue weighted by Gasteiger charge is -2.08. The number of rotatable bonds is 5. The average molecular weight is 262 g/mol. The molecule has 0 aliphatic carbocycles. The number of aryl methyl sites for hydroxylation is 1. The zero-order valence-corrected chi connectivity index (χ0v) is 11.6. The van der Waals surface area contributed by atoms with Gasteiger partial charge in [0.1, 0.15) is 16.4 Å². The van der Waals surface area contributed by atoms with Gasteiger partial charge in [-0.1, -0.05) is 19.1 Å². The number of ether oxygens (including phenoxy) is 1. The lowest BCUT2D eigenvalue weighted by Crippen LogP contribution is -1.95. The van der Waals surface area contributed by atoms with E-state index >= 15 is 0 Å². The van der Waals surface area contributed by atoms with E-state index in [9.17, 15) is 0 Å². The lowest BCUT2D eigenvalue weighted by molar-refractivity contribution is 0.341. The molecule has 96 valence electrons. The maximum absolute atomic E-state index is 6.07. The molecule has 1 aromatic heterocycles. The van der Waals surface area contributed by atoms with E-state index < -0.39 is 0 Å². The Kier molecular flexibility index (Phi) is 4.20. The summed E-state index contributed by atoms with van der Waals surface area (Å²) in [6.07, 6.45) is 2.06. The van der Waals surface area contributed by atoms with Gasteiger partial charge in [-0.25, -0.2) is 4.98 Å². The molecule has 0 amide bonds. The van der Waals surface area contributed by atoms with Crippen molar-refractivity contribution in [1.82, 2.24) is 4.98 Å². The van der Waals surface area contributed by atoms with Crippen molar-refractivity contribution in [3.63, 3.8) is 0 Å². The van der Waals surface area contributed by atoms with Crippen LogP contribution in [0.1, 0.15) is 25.3 Å². The second-order valence-corrected chi connectivity index (χ2v) is 5.11. The van der Waals surface area contributed by atoms with Gasteiger partial charge in [0.25, 0.3) is 0 Å². The van der Waals surface area contributed by atoms with E-state index in [1.54, 1.807) is 11.3 Å². The highest BCUT2D eigenvalue weighted by Crippen LogP contribution is 2.36. The Balaban J connectivity index is 2.41. The summed E-state index contributed by atoms with van der Waals surface area (Å²) in [5.74, 6) is 0.847. The van der Waals surface area contributed by atoms with E-state index in [0.29, 0.717) is 6.61 Å². The molecule has 0 spiro atoms. The molecular weight excluding hydrogens is 244 g/mol. The molecule has 0 unspecified atom stereocenters. The summed E-state index contributed by atoms with van der Waals surface area (Å²) < 4.78 is 5.62. The van der Waals surface area contributed by atoms with E-state index in [0.717, 1.165) is 39.9 Å². The van der Waals surface area contributed by atoms with Crippen LogP contribution < -0.4 is 10.5 Å². The fourth-order valence-corrected chi connectivity index (χ4v) is 2.78. The largest absolute Gasteiger partial charge is 0.493 e. The molecular formula is C14H18N2OS. The first-order chi connectivity index (χ1) is 8.76. The van der Waals surface area contributed by atoms with Gasteiger partial charge >= 0.3 is 0 Å². The van der Waals surface area contributed by atoms with Gasteiger partial charge in [-0.05, 0) is 31.9 Å². The maximum atomic E-state index is 6.07. The summed E-state index contributed by atoms with van der Waals surface area (Å²) in [5.41, 5.74) is 7.91. The number of benzene rings is 1. The number of para-hydroxylation sites is 1. The number of aromatic nitrogens is 1. The molecule has 2 rings (SSSR count). The van der Waals surface area contributed by atoms with Crippen LogP contribution in [0.5, 0.6) is 5.75 Å². The van der Waals surface area contributed by atoms with Crippen molar-refractivity contribution in [2.45, 2.75) is 26.7 Å². The summed E-state index contributed by atoms with van der Waals surface area (Å²) in [7, 11) is 0. The van der Waals surface area contributed by atoms with Crippen LogP contribution in [0, 0.1) is 0 Å². The third-order valence-corrected chi connectivity index (χ3v) is 3.55. The molecule has 0 aliphatic heterocycles. The Hall–Kier alpha value is -1.55. The third-order valence-electron chi connectivity index (χ3n) is 2.60. The van der Waals surface area contributed by atoms with E-state index in [4.69, 9.17) is 10.5 Å². The van der Waals surface area contributed by atoms with E-state index in [1.807, 2.05) is 31.2 Å². The van der Waals surface area contributed by atoms with Gasteiger partial charge in [0, 0.05) is 5.56 Å². The van der Waals surface area contributed by atoms with Gasteiger partial charge < -0.3 is 10.5 Å². The van der Waals surface area contributed by atoms with Crippen LogP contribution >= 0.6 is 11.3 Å². The molecule has 2 N–H and O–H groups in total. The van der Waals surface area contributed by atoms with E-state index in [1.165, 1.54) is 0 Å². The number of thiazole rings is 1.